The van der Waals surface area contributed by atoms with Crippen LogP contribution in [0.25, 0.3) is 11.3 Å². The van der Waals surface area contributed by atoms with Gasteiger partial charge in [0, 0.05) is 17.1 Å². The fourth-order valence-electron chi connectivity index (χ4n) is 3.94. The van der Waals surface area contributed by atoms with Crippen molar-refractivity contribution in [1.82, 2.24) is 10.1 Å². The van der Waals surface area contributed by atoms with Gasteiger partial charge in [-0.15, -0.1) is 0 Å². The highest BCUT2D eigenvalue weighted by molar-refractivity contribution is 7.99. The number of benzene rings is 2. The van der Waals surface area contributed by atoms with E-state index < -0.39 is 6.17 Å². The Kier molecular flexibility index (Phi) is 4.90. The molecule has 0 fully saturated rings. The van der Waals surface area contributed by atoms with Crippen molar-refractivity contribution in [2.45, 2.75) is 31.6 Å². The third-order valence-corrected chi connectivity index (χ3v) is 5.98. The molecule has 0 bridgehead atoms. The number of amides is 1. The summed E-state index contributed by atoms with van der Waals surface area (Å²) in [5.74, 6) is 1.52. The summed E-state index contributed by atoms with van der Waals surface area (Å²) in [7, 11) is 0. The van der Waals surface area contributed by atoms with E-state index in [-0.39, 0.29) is 18.6 Å². The van der Waals surface area contributed by atoms with Crippen LogP contribution < -0.4 is 24.2 Å². The van der Waals surface area contributed by atoms with Crippen LogP contribution in [-0.2, 0) is 4.79 Å². The second-order valence-corrected chi connectivity index (χ2v) is 8.28. The first kappa shape index (κ1) is 19.6. The highest BCUT2D eigenvalue weighted by Crippen LogP contribution is 2.43. The number of carbonyl (C=O) groups is 1. The summed E-state index contributed by atoms with van der Waals surface area (Å²) in [6.07, 6.45) is -0.351. The van der Waals surface area contributed by atoms with E-state index in [2.05, 4.69) is 10.1 Å². The molecule has 0 saturated heterocycles. The highest BCUT2D eigenvalue weighted by atomic mass is 32.2. The molecule has 0 N–H and O–H groups in total. The van der Waals surface area contributed by atoms with Crippen molar-refractivity contribution >= 4 is 23.4 Å². The third kappa shape index (κ3) is 3.16. The van der Waals surface area contributed by atoms with E-state index in [1.807, 2.05) is 56.3 Å². The standard InChI is InChI=1S/C22H20N4O4S/c1-3-18(27)25-15-8-6-5-7-14(15)19-20(28)23-22(31-4-2)24-26(19)21(25)13-9-10-16-17(11-13)30-12-29-16/h5-11,21H,3-4,12H2,1-2H3. The van der Waals surface area contributed by atoms with Crippen molar-refractivity contribution < 1.29 is 24.1 Å². The minimum atomic E-state index is -0.654. The fourth-order valence-corrected chi connectivity index (χ4v) is 4.49. The number of thioether (sulfide) groups is 1. The van der Waals surface area contributed by atoms with Gasteiger partial charge in [0.1, 0.15) is 0 Å². The van der Waals surface area contributed by atoms with Crippen LogP contribution in [0.15, 0.2) is 47.6 Å². The zero-order chi connectivity index (χ0) is 21.5. The summed E-state index contributed by atoms with van der Waals surface area (Å²) in [5, 5.41) is 18.2. The largest absolute Gasteiger partial charge is 0.854 e. The molecule has 1 aromatic heterocycles. The highest BCUT2D eigenvalue weighted by Gasteiger charge is 2.44. The van der Waals surface area contributed by atoms with Gasteiger partial charge in [0.2, 0.25) is 12.7 Å². The van der Waals surface area contributed by atoms with Gasteiger partial charge in [-0.05, 0) is 36.1 Å². The SMILES string of the molecule is CCSc1nc([O-])c2[n+](n1)C(c1ccc3c(c1)OCO3)N(C(=O)CC)c1ccccc1-2. The molecule has 31 heavy (non-hydrogen) atoms. The number of aromatic nitrogens is 3. The van der Waals surface area contributed by atoms with Gasteiger partial charge in [-0.3, -0.25) is 4.79 Å². The maximum Gasteiger partial charge on any atom is 0.293 e. The predicted molar refractivity (Wildman–Crippen MR) is 112 cm³/mol. The molecule has 0 radical (unpaired) electrons. The molecule has 2 aromatic carbocycles. The van der Waals surface area contributed by atoms with Crippen molar-refractivity contribution in [3.63, 3.8) is 0 Å². The summed E-state index contributed by atoms with van der Waals surface area (Å²) in [4.78, 5) is 19.1. The zero-order valence-corrected chi connectivity index (χ0v) is 17.9. The molecule has 2 aliphatic rings. The topological polar surface area (TPSA) is 91.5 Å². The second kappa shape index (κ2) is 7.73. The molecule has 1 amide bonds. The van der Waals surface area contributed by atoms with Crippen LogP contribution in [0.3, 0.4) is 0 Å². The first-order chi connectivity index (χ1) is 15.1. The molecule has 1 atom stereocenters. The monoisotopic (exact) mass is 436 g/mol. The first-order valence-electron chi connectivity index (χ1n) is 10.1. The number of para-hydroxylation sites is 1. The van der Waals surface area contributed by atoms with Crippen molar-refractivity contribution in [3.8, 4) is 28.6 Å². The van der Waals surface area contributed by atoms with Crippen LogP contribution in [0.4, 0.5) is 5.69 Å². The Bertz CT molecular complexity index is 1190. The van der Waals surface area contributed by atoms with E-state index in [9.17, 15) is 9.90 Å². The Balaban J connectivity index is 1.80. The number of carbonyl (C=O) groups excluding carboxylic acids is 1. The Hall–Kier alpha value is -3.33. The molecule has 3 heterocycles. The van der Waals surface area contributed by atoms with E-state index in [4.69, 9.17) is 9.47 Å². The number of nitrogens with zero attached hydrogens (tertiary/aromatic N) is 4. The van der Waals surface area contributed by atoms with E-state index >= 15 is 0 Å². The third-order valence-electron chi connectivity index (χ3n) is 5.26. The molecule has 1 unspecified atom stereocenters. The van der Waals surface area contributed by atoms with Gasteiger partial charge in [-0.2, -0.15) is 0 Å². The molecule has 9 heteroatoms. The molecule has 2 aliphatic heterocycles. The molecule has 0 spiro atoms. The normalized spacial score (nSPS) is 16.1. The lowest BCUT2D eigenvalue weighted by atomic mass is 10.0. The van der Waals surface area contributed by atoms with E-state index in [1.165, 1.54) is 11.8 Å². The lowest BCUT2D eigenvalue weighted by Crippen LogP contribution is -2.59. The van der Waals surface area contributed by atoms with Crippen molar-refractivity contribution in [2.75, 3.05) is 17.4 Å². The van der Waals surface area contributed by atoms with E-state index in [0.29, 0.717) is 40.0 Å². The summed E-state index contributed by atoms with van der Waals surface area (Å²) in [6.45, 7) is 3.94. The van der Waals surface area contributed by atoms with Gasteiger partial charge in [0.15, 0.2) is 11.5 Å². The Morgan fingerprint density at radius 3 is 2.84 bits per heavy atom. The number of rotatable bonds is 4. The number of anilines is 1. The minimum Gasteiger partial charge on any atom is -0.854 e. The van der Waals surface area contributed by atoms with Crippen molar-refractivity contribution in [3.05, 3.63) is 48.0 Å². The van der Waals surface area contributed by atoms with Gasteiger partial charge in [-0.1, -0.05) is 42.4 Å². The lowest BCUT2D eigenvalue weighted by molar-refractivity contribution is -0.764. The summed E-state index contributed by atoms with van der Waals surface area (Å²) in [5.41, 5.74) is 2.42. The molecule has 3 aromatic rings. The van der Waals surface area contributed by atoms with Crippen LogP contribution in [0.5, 0.6) is 17.4 Å². The second-order valence-electron chi connectivity index (χ2n) is 7.05. The minimum absolute atomic E-state index is 0.0796. The predicted octanol–water partition coefficient (Wildman–Crippen LogP) is 2.65. The quantitative estimate of drug-likeness (QED) is 0.459. The first-order valence-corrected chi connectivity index (χ1v) is 11.1. The van der Waals surface area contributed by atoms with Gasteiger partial charge in [0.25, 0.3) is 17.0 Å². The Morgan fingerprint density at radius 2 is 2.03 bits per heavy atom. The van der Waals surface area contributed by atoms with Crippen LogP contribution >= 0.6 is 11.8 Å². The van der Waals surface area contributed by atoms with Gasteiger partial charge in [-0.25, -0.2) is 9.88 Å². The Labute approximate surface area is 183 Å². The van der Waals surface area contributed by atoms with E-state index in [1.54, 1.807) is 9.58 Å². The van der Waals surface area contributed by atoms with Crippen LogP contribution in [0, 0.1) is 0 Å². The van der Waals surface area contributed by atoms with E-state index in [0.717, 1.165) is 11.3 Å². The number of hydrogen-bond acceptors (Lipinski definition) is 7. The molecule has 5 rings (SSSR count). The summed E-state index contributed by atoms with van der Waals surface area (Å²) in [6, 6.07) is 12.9. The molecular weight excluding hydrogens is 416 g/mol. The number of ether oxygens (including phenoxy) is 2. The van der Waals surface area contributed by atoms with Gasteiger partial charge < -0.3 is 14.6 Å². The van der Waals surface area contributed by atoms with Crippen molar-refractivity contribution in [2.24, 2.45) is 0 Å². The number of hydrogen-bond donors (Lipinski definition) is 0. The average Bonchev–Trinajstić information content (AvgIpc) is 3.25. The Morgan fingerprint density at radius 1 is 1.23 bits per heavy atom. The summed E-state index contributed by atoms with van der Waals surface area (Å²) < 4.78 is 12.6. The average molecular weight is 436 g/mol. The van der Waals surface area contributed by atoms with Crippen LogP contribution in [0.1, 0.15) is 32.0 Å². The fraction of sp³-hybridized carbons (Fsp3) is 0.273. The maximum absolute atomic E-state index is 13.2. The van der Waals surface area contributed by atoms with Gasteiger partial charge in [0.05, 0.1) is 17.1 Å². The molecule has 0 aliphatic carbocycles. The van der Waals surface area contributed by atoms with Crippen LogP contribution in [0.2, 0.25) is 0 Å². The lowest BCUT2D eigenvalue weighted by Gasteiger charge is -2.33. The van der Waals surface area contributed by atoms with Crippen LogP contribution in [-0.4, -0.2) is 28.5 Å². The zero-order valence-electron chi connectivity index (χ0n) is 17.1. The summed E-state index contributed by atoms with van der Waals surface area (Å²) >= 11 is 1.39. The smallest absolute Gasteiger partial charge is 0.293 e. The molecule has 158 valence electrons. The molecule has 0 saturated carbocycles. The molecule has 8 nitrogen and oxygen atoms in total. The number of fused-ring (bicyclic) bond motifs is 4. The van der Waals surface area contributed by atoms with Gasteiger partial charge >= 0.3 is 0 Å². The molecular formula is C22H20N4O4S. The maximum atomic E-state index is 13.2. The van der Waals surface area contributed by atoms with Crippen molar-refractivity contribution in [1.29, 1.82) is 0 Å².